The number of ketones is 2. The number of benzene rings is 2. The summed E-state index contributed by atoms with van der Waals surface area (Å²) in [5.74, 6) is -4.12. The molecule has 7 heteroatoms. The topological polar surface area (TPSA) is 125 Å². The maximum atomic E-state index is 12.8. The summed E-state index contributed by atoms with van der Waals surface area (Å²) >= 11 is 0. The number of aromatic carboxylic acids is 1. The second-order valence-corrected chi connectivity index (χ2v) is 5.69. The minimum Gasteiger partial charge on any atom is -0.506 e. The summed E-state index contributed by atoms with van der Waals surface area (Å²) in [6.07, 6.45) is 0. The summed E-state index contributed by atoms with van der Waals surface area (Å²) in [4.78, 5) is 36.9. The predicted molar refractivity (Wildman–Crippen MR) is 84.5 cm³/mol. The van der Waals surface area contributed by atoms with Crippen LogP contribution in [-0.4, -0.2) is 32.9 Å². The van der Waals surface area contributed by atoms with Crippen LogP contribution >= 0.6 is 0 Å². The predicted octanol–water partition coefficient (Wildman–Crippen LogP) is 2.63. The van der Waals surface area contributed by atoms with Gasteiger partial charge in [0.2, 0.25) is 0 Å². The highest BCUT2D eigenvalue weighted by Crippen LogP contribution is 2.47. The van der Waals surface area contributed by atoms with Crippen molar-refractivity contribution in [2.75, 3.05) is 0 Å². The molecular formula is C18H10O7. The SMILES string of the molecule is Cc1oc2c(O)c3c(c(O)c2c1C(=O)O)C(=O)c1ccccc1C3=O. The molecule has 0 aliphatic heterocycles. The Kier molecular flexibility index (Phi) is 2.81. The minimum atomic E-state index is -1.39. The van der Waals surface area contributed by atoms with Gasteiger partial charge >= 0.3 is 5.97 Å². The summed E-state index contributed by atoms with van der Waals surface area (Å²) in [5, 5.41) is 30.1. The molecule has 1 aromatic heterocycles. The number of carboxylic acid groups (broad SMARTS) is 1. The minimum absolute atomic E-state index is 0.0622. The van der Waals surface area contributed by atoms with Crippen molar-refractivity contribution in [1.82, 2.24) is 0 Å². The molecule has 0 saturated heterocycles. The van der Waals surface area contributed by atoms with Crippen molar-refractivity contribution in [3.05, 3.63) is 57.8 Å². The first-order valence-corrected chi connectivity index (χ1v) is 7.27. The maximum absolute atomic E-state index is 12.8. The number of phenols is 2. The Morgan fingerprint density at radius 1 is 0.960 bits per heavy atom. The van der Waals surface area contributed by atoms with Gasteiger partial charge in [0.1, 0.15) is 17.1 Å². The highest BCUT2D eigenvalue weighted by atomic mass is 16.4. The molecule has 0 amide bonds. The lowest BCUT2D eigenvalue weighted by Crippen LogP contribution is -2.21. The van der Waals surface area contributed by atoms with Crippen LogP contribution in [0.1, 0.15) is 48.0 Å². The number of hydrogen-bond donors (Lipinski definition) is 3. The molecule has 1 aliphatic carbocycles. The van der Waals surface area contributed by atoms with Gasteiger partial charge in [0.05, 0.1) is 16.5 Å². The molecule has 7 nitrogen and oxygen atoms in total. The lowest BCUT2D eigenvalue weighted by Gasteiger charge is -2.19. The van der Waals surface area contributed by atoms with Crippen LogP contribution in [0.4, 0.5) is 0 Å². The van der Waals surface area contributed by atoms with Crippen LogP contribution in [0.25, 0.3) is 11.0 Å². The summed E-state index contributed by atoms with van der Waals surface area (Å²) in [6.45, 7) is 1.35. The molecule has 4 rings (SSSR count). The third-order valence-corrected chi connectivity index (χ3v) is 4.34. The number of rotatable bonds is 1. The highest BCUT2D eigenvalue weighted by molar-refractivity contribution is 6.32. The third kappa shape index (κ3) is 1.72. The Morgan fingerprint density at radius 2 is 1.48 bits per heavy atom. The molecule has 1 aliphatic rings. The number of carboxylic acids is 1. The van der Waals surface area contributed by atoms with Crippen molar-refractivity contribution in [3.63, 3.8) is 0 Å². The number of carbonyl (C=O) groups is 3. The van der Waals surface area contributed by atoms with Crippen molar-refractivity contribution in [2.24, 2.45) is 0 Å². The zero-order chi connectivity index (χ0) is 18.0. The van der Waals surface area contributed by atoms with Gasteiger partial charge in [-0.3, -0.25) is 9.59 Å². The molecule has 0 saturated carbocycles. The first-order valence-electron chi connectivity index (χ1n) is 7.27. The first-order chi connectivity index (χ1) is 11.8. The van der Waals surface area contributed by atoms with Crippen molar-refractivity contribution in [3.8, 4) is 11.5 Å². The average molecular weight is 338 g/mol. The zero-order valence-corrected chi connectivity index (χ0v) is 12.8. The largest absolute Gasteiger partial charge is 0.506 e. The van der Waals surface area contributed by atoms with Crippen molar-refractivity contribution in [2.45, 2.75) is 6.92 Å². The molecule has 0 fully saturated rings. The van der Waals surface area contributed by atoms with E-state index in [-0.39, 0.29) is 39.0 Å². The van der Waals surface area contributed by atoms with Gasteiger partial charge in [-0.2, -0.15) is 0 Å². The van der Waals surface area contributed by atoms with Crippen molar-refractivity contribution < 1.29 is 34.1 Å². The fourth-order valence-electron chi connectivity index (χ4n) is 3.26. The van der Waals surface area contributed by atoms with Crippen LogP contribution in [0, 0.1) is 6.92 Å². The fraction of sp³-hybridized carbons (Fsp3) is 0.0556. The molecule has 124 valence electrons. The van der Waals surface area contributed by atoms with E-state index in [0.29, 0.717) is 0 Å². The molecule has 3 N–H and O–H groups in total. The second-order valence-electron chi connectivity index (χ2n) is 5.69. The molecule has 0 unspecified atom stereocenters. The number of fused-ring (bicyclic) bond motifs is 3. The standard InChI is InChI=1S/C18H10O7/c1-6-9(18(23)24)12-15(21)10-11(16(22)17(12)25-6)14(20)8-5-3-2-4-7(8)13(10)19/h2-5,21-22H,1H3,(H,23,24). The molecule has 0 atom stereocenters. The third-order valence-electron chi connectivity index (χ3n) is 4.34. The monoisotopic (exact) mass is 338 g/mol. The van der Waals surface area contributed by atoms with Crippen LogP contribution in [0.15, 0.2) is 28.7 Å². The molecular weight excluding hydrogens is 328 g/mol. The van der Waals surface area contributed by atoms with Crippen molar-refractivity contribution in [1.29, 1.82) is 0 Å². The van der Waals surface area contributed by atoms with E-state index in [1.807, 2.05) is 0 Å². The van der Waals surface area contributed by atoms with Crippen LogP contribution in [0.2, 0.25) is 0 Å². The van der Waals surface area contributed by atoms with E-state index in [4.69, 9.17) is 4.42 Å². The summed E-state index contributed by atoms with van der Waals surface area (Å²) in [5.41, 5.74) is -1.35. The van der Waals surface area contributed by atoms with E-state index in [9.17, 15) is 29.7 Å². The maximum Gasteiger partial charge on any atom is 0.340 e. The number of aryl methyl sites for hydroxylation is 1. The van der Waals surface area contributed by atoms with Crippen LogP contribution in [-0.2, 0) is 0 Å². The van der Waals surface area contributed by atoms with E-state index in [1.165, 1.54) is 19.1 Å². The van der Waals surface area contributed by atoms with Gasteiger partial charge in [0, 0.05) is 11.1 Å². The van der Waals surface area contributed by atoms with E-state index in [2.05, 4.69) is 0 Å². The Bertz CT molecular complexity index is 1130. The van der Waals surface area contributed by atoms with Gasteiger partial charge in [-0.1, -0.05) is 24.3 Å². The fourth-order valence-corrected chi connectivity index (χ4v) is 3.26. The molecule has 3 aromatic rings. The summed E-state index contributed by atoms with van der Waals surface area (Å²) < 4.78 is 5.26. The van der Waals surface area contributed by atoms with E-state index < -0.39 is 34.6 Å². The summed E-state index contributed by atoms with van der Waals surface area (Å²) in [6, 6.07) is 6.01. The molecule has 25 heavy (non-hydrogen) atoms. The van der Waals surface area contributed by atoms with Gasteiger partial charge < -0.3 is 19.7 Å². The van der Waals surface area contributed by atoms with E-state index in [1.54, 1.807) is 12.1 Å². The zero-order valence-electron chi connectivity index (χ0n) is 12.8. The Balaban J connectivity index is 2.21. The van der Waals surface area contributed by atoms with Gasteiger partial charge in [-0.05, 0) is 6.92 Å². The van der Waals surface area contributed by atoms with Crippen LogP contribution in [0.3, 0.4) is 0 Å². The molecule has 1 heterocycles. The lowest BCUT2D eigenvalue weighted by atomic mass is 9.82. The van der Waals surface area contributed by atoms with Gasteiger partial charge in [-0.15, -0.1) is 0 Å². The molecule has 0 spiro atoms. The highest BCUT2D eigenvalue weighted by Gasteiger charge is 2.38. The number of aromatic hydroxyl groups is 2. The number of carbonyl (C=O) groups excluding carboxylic acids is 2. The quantitative estimate of drug-likeness (QED) is 0.456. The molecule has 0 radical (unpaired) electrons. The van der Waals surface area contributed by atoms with E-state index >= 15 is 0 Å². The average Bonchev–Trinajstić information content (AvgIpc) is 2.94. The smallest absolute Gasteiger partial charge is 0.340 e. The van der Waals surface area contributed by atoms with E-state index in [0.717, 1.165) is 0 Å². The Labute approximate surface area is 139 Å². The normalized spacial score (nSPS) is 13.0. The van der Waals surface area contributed by atoms with Crippen molar-refractivity contribution >= 4 is 28.5 Å². The van der Waals surface area contributed by atoms with Gasteiger partial charge in [-0.25, -0.2) is 4.79 Å². The number of phenolic OH excluding ortho intramolecular Hbond substituents is 2. The number of hydrogen-bond acceptors (Lipinski definition) is 6. The van der Waals surface area contributed by atoms with Gasteiger partial charge in [0.25, 0.3) is 0 Å². The Morgan fingerprint density at radius 3 is 2.00 bits per heavy atom. The summed E-state index contributed by atoms with van der Waals surface area (Å²) in [7, 11) is 0. The van der Waals surface area contributed by atoms with Crippen LogP contribution in [0.5, 0.6) is 11.5 Å². The Hall–Kier alpha value is -3.61. The molecule has 0 bridgehead atoms. The lowest BCUT2D eigenvalue weighted by molar-refractivity contribution is 0.0696. The van der Waals surface area contributed by atoms with Gasteiger partial charge in [0.15, 0.2) is 22.9 Å². The first kappa shape index (κ1) is 14.9. The molecule has 2 aromatic carbocycles. The second kappa shape index (κ2) is 4.70. The van der Waals surface area contributed by atoms with Crippen LogP contribution < -0.4 is 0 Å². The number of furan rings is 1.